The quantitative estimate of drug-likeness (QED) is 0.628. The molecule has 0 amide bonds. The van der Waals surface area contributed by atoms with E-state index in [0.717, 1.165) is 11.4 Å². The van der Waals surface area contributed by atoms with Crippen molar-refractivity contribution in [1.82, 2.24) is 0 Å². The third kappa shape index (κ3) is 2.03. The van der Waals surface area contributed by atoms with Gasteiger partial charge in [-0.05, 0) is 12.1 Å². The van der Waals surface area contributed by atoms with E-state index in [4.69, 9.17) is 19.9 Å². The summed E-state index contributed by atoms with van der Waals surface area (Å²) in [5.74, 6) is 0.267. The molecule has 2 N–H and O–H groups in total. The van der Waals surface area contributed by atoms with Gasteiger partial charge in [0.05, 0.1) is 31.6 Å². The monoisotopic (exact) mass is 238 g/mol. The number of ether oxygens (including phenoxy) is 3. The standard InChI is InChI=1S/C12H18N2O3/c1-15-9-4-5-11(10(13)6-9)14-7-12(8-14,16-2)17-3/h4-6H,7-8,13H2,1-3H3. The highest BCUT2D eigenvalue weighted by molar-refractivity contribution is 5.70. The molecule has 1 aromatic rings. The maximum absolute atomic E-state index is 5.98. The van der Waals surface area contributed by atoms with Crippen LogP contribution in [0, 0.1) is 0 Å². The molecule has 1 aliphatic heterocycles. The zero-order valence-corrected chi connectivity index (χ0v) is 10.4. The molecule has 17 heavy (non-hydrogen) atoms. The number of nitrogens with zero attached hydrogens (tertiary/aromatic N) is 1. The number of rotatable bonds is 4. The van der Waals surface area contributed by atoms with Crippen LogP contribution in [0.3, 0.4) is 0 Å². The Labute approximate surface area is 101 Å². The first-order chi connectivity index (χ1) is 8.14. The fourth-order valence-electron chi connectivity index (χ4n) is 1.99. The Hall–Kier alpha value is -1.46. The molecule has 2 rings (SSSR count). The molecule has 0 spiro atoms. The van der Waals surface area contributed by atoms with Crippen LogP contribution < -0.4 is 15.4 Å². The van der Waals surface area contributed by atoms with Gasteiger partial charge < -0.3 is 24.8 Å². The second-order valence-electron chi connectivity index (χ2n) is 4.10. The molecule has 1 heterocycles. The third-order valence-electron chi connectivity index (χ3n) is 3.18. The average Bonchev–Trinajstić information content (AvgIpc) is 2.30. The Bertz CT molecular complexity index is 397. The normalized spacial score (nSPS) is 17.7. The van der Waals surface area contributed by atoms with Gasteiger partial charge in [0, 0.05) is 20.3 Å². The van der Waals surface area contributed by atoms with Gasteiger partial charge in [0.2, 0.25) is 5.79 Å². The second kappa shape index (κ2) is 4.43. The van der Waals surface area contributed by atoms with Gasteiger partial charge in [-0.1, -0.05) is 0 Å². The predicted octanol–water partition coefficient (Wildman–Crippen LogP) is 1.09. The fraction of sp³-hybridized carbons (Fsp3) is 0.500. The van der Waals surface area contributed by atoms with E-state index in [1.807, 2.05) is 18.2 Å². The first kappa shape index (κ1) is 12.0. The van der Waals surface area contributed by atoms with Crippen molar-refractivity contribution in [3.63, 3.8) is 0 Å². The Morgan fingerprint density at radius 1 is 1.18 bits per heavy atom. The van der Waals surface area contributed by atoms with Gasteiger partial charge in [-0.25, -0.2) is 0 Å². The largest absolute Gasteiger partial charge is 0.497 e. The summed E-state index contributed by atoms with van der Waals surface area (Å²) >= 11 is 0. The van der Waals surface area contributed by atoms with E-state index in [-0.39, 0.29) is 0 Å². The second-order valence-corrected chi connectivity index (χ2v) is 4.10. The van der Waals surface area contributed by atoms with Gasteiger partial charge in [0.15, 0.2) is 0 Å². The summed E-state index contributed by atoms with van der Waals surface area (Å²) < 4.78 is 15.8. The molecule has 0 aromatic heterocycles. The highest BCUT2D eigenvalue weighted by Crippen LogP contribution is 2.35. The van der Waals surface area contributed by atoms with Crippen molar-refractivity contribution < 1.29 is 14.2 Å². The van der Waals surface area contributed by atoms with Gasteiger partial charge in [-0.15, -0.1) is 0 Å². The molecule has 1 saturated heterocycles. The zero-order valence-electron chi connectivity index (χ0n) is 10.4. The molecule has 0 saturated carbocycles. The maximum atomic E-state index is 5.98. The third-order valence-corrected chi connectivity index (χ3v) is 3.18. The minimum absolute atomic E-state index is 0.494. The van der Waals surface area contributed by atoms with Crippen molar-refractivity contribution >= 4 is 11.4 Å². The molecule has 5 heteroatoms. The highest BCUT2D eigenvalue weighted by Gasteiger charge is 2.44. The van der Waals surface area contributed by atoms with Crippen LogP contribution in [-0.2, 0) is 9.47 Å². The van der Waals surface area contributed by atoms with Crippen molar-refractivity contribution in [1.29, 1.82) is 0 Å². The summed E-state index contributed by atoms with van der Waals surface area (Å²) in [7, 11) is 4.93. The van der Waals surface area contributed by atoms with Crippen LogP contribution >= 0.6 is 0 Å². The number of nitrogens with two attached hydrogens (primary N) is 1. The van der Waals surface area contributed by atoms with E-state index in [0.29, 0.717) is 18.8 Å². The van der Waals surface area contributed by atoms with Gasteiger partial charge in [-0.2, -0.15) is 0 Å². The summed E-state index contributed by atoms with van der Waals surface area (Å²) in [5.41, 5.74) is 7.66. The molecule has 0 unspecified atom stereocenters. The minimum Gasteiger partial charge on any atom is -0.497 e. The van der Waals surface area contributed by atoms with Crippen molar-refractivity contribution in [3.05, 3.63) is 18.2 Å². The van der Waals surface area contributed by atoms with E-state index < -0.39 is 5.79 Å². The van der Waals surface area contributed by atoms with E-state index >= 15 is 0 Å². The smallest absolute Gasteiger partial charge is 0.203 e. The Morgan fingerprint density at radius 2 is 1.82 bits per heavy atom. The molecule has 0 atom stereocenters. The first-order valence-electron chi connectivity index (χ1n) is 5.43. The van der Waals surface area contributed by atoms with Crippen LogP contribution in [0.15, 0.2) is 18.2 Å². The summed E-state index contributed by atoms with van der Waals surface area (Å²) in [4.78, 5) is 2.11. The number of hydrogen-bond acceptors (Lipinski definition) is 5. The number of anilines is 2. The number of hydrogen-bond donors (Lipinski definition) is 1. The fourth-order valence-corrected chi connectivity index (χ4v) is 1.99. The van der Waals surface area contributed by atoms with Crippen molar-refractivity contribution in [3.8, 4) is 5.75 Å². The van der Waals surface area contributed by atoms with Crippen molar-refractivity contribution in [2.24, 2.45) is 0 Å². The molecule has 1 fully saturated rings. The summed E-state index contributed by atoms with van der Waals surface area (Å²) in [6.45, 7) is 1.35. The van der Waals surface area contributed by atoms with E-state index in [1.165, 1.54) is 0 Å². The minimum atomic E-state index is -0.494. The summed E-state index contributed by atoms with van der Waals surface area (Å²) in [6.07, 6.45) is 0. The van der Waals surface area contributed by atoms with Gasteiger partial charge in [0.1, 0.15) is 5.75 Å². The number of methoxy groups -OCH3 is 3. The average molecular weight is 238 g/mol. The first-order valence-corrected chi connectivity index (χ1v) is 5.43. The molecule has 94 valence electrons. The van der Waals surface area contributed by atoms with Crippen LogP contribution in [0.4, 0.5) is 11.4 Å². The van der Waals surface area contributed by atoms with Crippen LogP contribution in [0.2, 0.25) is 0 Å². The molecule has 0 bridgehead atoms. The van der Waals surface area contributed by atoms with E-state index in [1.54, 1.807) is 21.3 Å². The van der Waals surface area contributed by atoms with Crippen molar-refractivity contribution in [2.75, 3.05) is 45.1 Å². The zero-order chi connectivity index (χ0) is 12.5. The molecule has 1 aromatic carbocycles. The lowest BCUT2D eigenvalue weighted by Crippen LogP contribution is -2.64. The van der Waals surface area contributed by atoms with E-state index in [2.05, 4.69) is 4.90 Å². The van der Waals surface area contributed by atoms with Crippen molar-refractivity contribution in [2.45, 2.75) is 5.79 Å². The molecule has 0 radical (unpaired) electrons. The lowest BCUT2D eigenvalue weighted by Gasteiger charge is -2.49. The summed E-state index contributed by atoms with van der Waals surface area (Å²) in [5, 5.41) is 0. The lowest BCUT2D eigenvalue weighted by atomic mass is 10.1. The molecule has 5 nitrogen and oxygen atoms in total. The Balaban J connectivity index is 2.11. The molecule has 0 aliphatic carbocycles. The molecule has 1 aliphatic rings. The lowest BCUT2D eigenvalue weighted by molar-refractivity contribution is -0.219. The summed E-state index contributed by atoms with van der Waals surface area (Å²) in [6, 6.07) is 5.66. The van der Waals surface area contributed by atoms with Gasteiger partial charge in [0.25, 0.3) is 0 Å². The van der Waals surface area contributed by atoms with Crippen LogP contribution in [0.5, 0.6) is 5.75 Å². The highest BCUT2D eigenvalue weighted by atomic mass is 16.7. The Morgan fingerprint density at radius 3 is 2.29 bits per heavy atom. The number of benzene rings is 1. The van der Waals surface area contributed by atoms with Crippen LogP contribution in [0.25, 0.3) is 0 Å². The SMILES string of the molecule is COc1ccc(N2CC(OC)(OC)C2)c(N)c1. The number of nitrogen functional groups attached to an aromatic ring is 1. The Kier molecular flexibility index (Phi) is 3.13. The molecular formula is C12H18N2O3. The van der Waals surface area contributed by atoms with Crippen LogP contribution in [-0.4, -0.2) is 40.2 Å². The molecular weight excluding hydrogens is 220 g/mol. The predicted molar refractivity (Wildman–Crippen MR) is 66.4 cm³/mol. The maximum Gasteiger partial charge on any atom is 0.203 e. The van der Waals surface area contributed by atoms with Gasteiger partial charge in [-0.3, -0.25) is 0 Å². The topological polar surface area (TPSA) is 57.0 Å². The van der Waals surface area contributed by atoms with Gasteiger partial charge >= 0.3 is 0 Å². The van der Waals surface area contributed by atoms with Crippen LogP contribution in [0.1, 0.15) is 0 Å². The van der Waals surface area contributed by atoms with E-state index in [9.17, 15) is 0 Å².